The van der Waals surface area contributed by atoms with Gasteiger partial charge in [-0.2, -0.15) is 0 Å². The highest BCUT2D eigenvalue weighted by Gasteiger charge is 2.40. The van der Waals surface area contributed by atoms with Crippen LogP contribution in [0.1, 0.15) is 156 Å². The number of fused-ring (bicyclic) bond motifs is 1. The van der Waals surface area contributed by atoms with E-state index in [1.54, 1.807) is 19.6 Å². The Bertz CT molecular complexity index is 1230. The van der Waals surface area contributed by atoms with Crippen molar-refractivity contribution in [2.45, 2.75) is 168 Å². The molecule has 49 heavy (non-hydrogen) atoms. The first-order chi connectivity index (χ1) is 23.6. The van der Waals surface area contributed by atoms with Gasteiger partial charge in [0.2, 0.25) is 5.91 Å². The Kier molecular flexibility index (Phi) is 14.2. The monoisotopic (exact) mass is 682 g/mol. The number of carbonyl (C=O) groups is 1. The fraction of sp³-hybridized carbons (Fsp3) is 0.795. The molecule has 0 spiro atoms. The number of halogens is 2. The summed E-state index contributed by atoms with van der Waals surface area (Å²) in [7, 11) is 1.75. The Balaban J connectivity index is 1.21. The normalized spacial score (nSPS) is 34.3. The molecule has 0 heterocycles. The van der Waals surface area contributed by atoms with Gasteiger partial charge in [0.1, 0.15) is 0 Å². The van der Waals surface area contributed by atoms with Gasteiger partial charge in [0.05, 0.1) is 0 Å². The zero-order valence-corrected chi connectivity index (χ0v) is 31.8. The van der Waals surface area contributed by atoms with Crippen molar-refractivity contribution in [3.63, 3.8) is 0 Å². The average Bonchev–Trinajstić information content (AvgIpc) is 3.37. The zero-order chi connectivity index (χ0) is 35.0. The maximum Gasteiger partial charge on any atom is 0.269 e. The molecule has 1 amide bonds. The van der Waals surface area contributed by atoms with Gasteiger partial charge >= 0.3 is 0 Å². The van der Waals surface area contributed by atoms with Gasteiger partial charge in [-0.3, -0.25) is 4.79 Å². The third-order valence-corrected chi connectivity index (χ3v) is 13.7. The molecule has 2 bridgehead atoms. The SMILES string of the molecule is CCC(F)(F)C1=C(CC=C2CC=C(CCOC)CCC2)CCC(NC(=O)C2CCC(C)C(CC3C4=CC(CCCCC4)C(C)CC3C)C2)C1. The van der Waals surface area contributed by atoms with Gasteiger partial charge in [-0.25, -0.2) is 8.78 Å². The number of allylic oxidation sites excluding steroid dienone is 6. The summed E-state index contributed by atoms with van der Waals surface area (Å²) in [6.45, 7) is 9.72. The fourth-order valence-corrected chi connectivity index (χ4v) is 10.3. The second-order valence-corrected chi connectivity index (χ2v) is 17.1. The van der Waals surface area contributed by atoms with Crippen molar-refractivity contribution in [3.8, 4) is 0 Å². The highest BCUT2D eigenvalue weighted by atomic mass is 19.3. The molecule has 5 heteroatoms. The van der Waals surface area contributed by atoms with Gasteiger partial charge < -0.3 is 10.1 Å². The van der Waals surface area contributed by atoms with E-state index in [0.717, 1.165) is 81.8 Å². The van der Waals surface area contributed by atoms with E-state index in [1.807, 2.05) is 0 Å². The second kappa shape index (κ2) is 18.1. The average molecular weight is 682 g/mol. The van der Waals surface area contributed by atoms with Crippen LogP contribution < -0.4 is 5.32 Å². The van der Waals surface area contributed by atoms with Crippen LogP contribution in [0.2, 0.25) is 0 Å². The summed E-state index contributed by atoms with van der Waals surface area (Å²) in [6.07, 6.45) is 26.7. The lowest BCUT2D eigenvalue weighted by molar-refractivity contribution is -0.128. The van der Waals surface area contributed by atoms with Crippen molar-refractivity contribution in [2.24, 2.45) is 41.4 Å². The lowest BCUT2D eigenvalue weighted by atomic mass is 9.68. The zero-order valence-electron chi connectivity index (χ0n) is 31.8. The second-order valence-electron chi connectivity index (χ2n) is 17.1. The van der Waals surface area contributed by atoms with Crippen molar-refractivity contribution in [2.75, 3.05) is 13.7 Å². The van der Waals surface area contributed by atoms with Gasteiger partial charge in [-0.1, -0.05) is 81.1 Å². The molecule has 0 aromatic carbocycles. The molecule has 0 radical (unpaired) electrons. The van der Waals surface area contributed by atoms with Crippen molar-refractivity contribution in [1.82, 2.24) is 5.32 Å². The molecule has 0 aromatic heterocycles. The van der Waals surface area contributed by atoms with Crippen LogP contribution in [0.5, 0.6) is 0 Å². The smallest absolute Gasteiger partial charge is 0.269 e. The van der Waals surface area contributed by atoms with Gasteiger partial charge in [-0.15, -0.1) is 0 Å². The third-order valence-electron chi connectivity index (χ3n) is 13.7. The van der Waals surface area contributed by atoms with E-state index in [-0.39, 0.29) is 30.7 Å². The molecule has 0 saturated heterocycles. The molecule has 5 rings (SSSR count). The number of carbonyl (C=O) groups excluding carboxylic acids is 1. The maximum absolute atomic E-state index is 15.5. The lowest BCUT2D eigenvalue weighted by Crippen LogP contribution is -2.44. The fourth-order valence-electron chi connectivity index (χ4n) is 10.3. The van der Waals surface area contributed by atoms with Gasteiger partial charge in [-0.05, 0) is 150 Å². The summed E-state index contributed by atoms with van der Waals surface area (Å²) in [4.78, 5) is 13.8. The van der Waals surface area contributed by atoms with Crippen LogP contribution >= 0.6 is 0 Å². The molecule has 1 N–H and O–H groups in total. The van der Waals surface area contributed by atoms with Crippen molar-refractivity contribution in [3.05, 3.63) is 46.1 Å². The summed E-state index contributed by atoms with van der Waals surface area (Å²) in [5, 5.41) is 3.33. The molecule has 5 aliphatic carbocycles. The summed E-state index contributed by atoms with van der Waals surface area (Å²) >= 11 is 0. The lowest BCUT2D eigenvalue weighted by Gasteiger charge is -2.39. The standard InChI is InChI=1S/C44H69F2NO2/c1-6-44(45,46)42-29-40(22-21-35(42)20-18-33-11-10-12-34(17-16-33)23-24-49-5)47-43(48)38-19-15-30(2)39(27-38)28-41-32(4)25-31(3)36-13-8-7-9-14-37(41)26-36/h17-18,26,30-32,36,38-41H,6-16,19-25,27-29H2,1-5H3,(H,47,48). The topological polar surface area (TPSA) is 38.3 Å². The number of nitrogens with one attached hydrogen (secondary N) is 1. The molecular weight excluding hydrogens is 612 g/mol. The maximum atomic E-state index is 15.5. The molecule has 1 saturated carbocycles. The third kappa shape index (κ3) is 10.4. The number of alkyl halides is 2. The van der Waals surface area contributed by atoms with E-state index in [0.29, 0.717) is 42.1 Å². The molecule has 8 atom stereocenters. The van der Waals surface area contributed by atoms with Crippen molar-refractivity contribution >= 4 is 5.91 Å². The number of ether oxygens (including phenoxy) is 1. The van der Waals surface area contributed by atoms with Crippen molar-refractivity contribution in [1.29, 1.82) is 0 Å². The van der Waals surface area contributed by atoms with Gasteiger partial charge in [0.25, 0.3) is 5.92 Å². The number of rotatable bonds is 11. The van der Waals surface area contributed by atoms with Gasteiger partial charge in [0, 0.05) is 32.1 Å². The first kappa shape index (κ1) is 38.5. The minimum absolute atomic E-state index is 0.00239. The number of methoxy groups -OCH3 is 1. The largest absolute Gasteiger partial charge is 0.384 e. The Morgan fingerprint density at radius 3 is 2.59 bits per heavy atom. The molecule has 0 aliphatic heterocycles. The van der Waals surface area contributed by atoms with Crippen LogP contribution in [0.25, 0.3) is 0 Å². The van der Waals surface area contributed by atoms with Crippen LogP contribution in [0.4, 0.5) is 8.78 Å². The number of amides is 1. The molecule has 276 valence electrons. The molecule has 3 nitrogen and oxygen atoms in total. The summed E-state index contributed by atoms with van der Waals surface area (Å²) in [6, 6.07) is -0.196. The Morgan fingerprint density at radius 1 is 0.959 bits per heavy atom. The minimum Gasteiger partial charge on any atom is -0.384 e. The summed E-state index contributed by atoms with van der Waals surface area (Å²) in [5.74, 6) is 1.32. The van der Waals surface area contributed by atoms with Crippen LogP contribution in [0.15, 0.2) is 46.1 Å². The molecule has 1 fully saturated rings. The molecule has 5 aliphatic rings. The predicted molar refractivity (Wildman–Crippen MR) is 199 cm³/mol. The molecular formula is C44H69F2NO2. The molecule has 8 unspecified atom stereocenters. The quantitative estimate of drug-likeness (QED) is 0.220. The number of hydrogen-bond acceptors (Lipinski definition) is 2. The highest BCUT2D eigenvalue weighted by Crippen LogP contribution is 2.47. The van der Waals surface area contributed by atoms with E-state index in [1.165, 1.54) is 56.1 Å². The Morgan fingerprint density at radius 2 is 1.80 bits per heavy atom. The van der Waals surface area contributed by atoms with Crippen LogP contribution in [0.3, 0.4) is 0 Å². The minimum atomic E-state index is -2.82. The highest BCUT2D eigenvalue weighted by molar-refractivity contribution is 5.79. The summed E-state index contributed by atoms with van der Waals surface area (Å²) < 4.78 is 36.2. The van der Waals surface area contributed by atoms with Crippen LogP contribution in [-0.4, -0.2) is 31.6 Å². The first-order valence-electron chi connectivity index (χ1n) is 20.5. The number of hydrogen-bond donors (Lipinski definition) is 1. The first-order valence-corrected chi connectivity index (χ1v) is 20.5. The van der Waals surface area contributed by atoms with Crippen LogP contribution in [-0.2, 0) is 9.53 Å². The Labute approximate surface area is 298 Å². The predicted octanol–water partition coefficient (Wildman–Crippen LogP) is 12.1. The van der Waals surface area contributed by atoms with Crippen LogP contribution in [0, 0.1) is 41.4 Å². The van der Waals surface area contributed by atoms with E-state index < -0.39 is 5.92 Å². The van der Waals surface area contributed by atoms with E-state index >= 15 is 8.78 Å². The summed E-state index contributed by atoms with van der Waals surface area (Å²) in [5.41, 5.74) is 5.76. The van der Waals surface area contributed by atoms with E-state index in [4.69, 9.17) is 4.74 Å². The van der Waals surface area contributed by atoms with Crippen molar-refractivity contribution < 1.29 is 18.3 Å². The van der Waals surface area contributed by atoms with E-state index in [9.17, 15) is 4.79 Å². The Hall–Kier alpha value is -1.75. The molecule has 0 aromatic rings. The van der Waals surface area contributed by atoms with Gasteiger partial charge in [0.15, 0.2) is 0 Å². The van der Waals surface area contributed by atoms with E-state index in [2.05, 4.69) is 44.3 Å².